The lowest BCUT2D eigenvalue weighted by Gasteiger charge is -2.34. The Kier molecular flexibility index (Phi) is 6.82. The molecule has 0 unspecified atom stereocenters. The standard InChI is InChI=1S/C13H26N2OS/c1-13(7-4-3-5-8-13)11-15-12(17)14-9-6-10-16-2/h3-11H2,1-2H3,(H2,14,15,17). The molecule has 0 aromatic heterocycles. The molecule has 0 spiro atoms. The second-order valence-electron chi connectivity index (χ2n) is 5.33. The van der Waals surface area contributed by atoms with E-state index in [9.17, 15) is 0 Å². The van der Waals surface area contributed by atoms with E-state index in [0.717, 1.165) is 31.2 Å². The average molecular weight is 258 g/mol. The number of hydrogen-bond acceptors (Lipinski definition) is 2. The Labute approximate surface area is 111 Å². The zero-order chi connectivity index (χ0) is 12.6. The van der Waals surface area contributed by atoms with Crippen LogP contribution in [0.5, 0.6) is 0 Å². The highest BCUT2D eigenvalue weighted by Gasteiger charge is 2.26. The van der Waals surface area contributed by atoms with Crippen molar-refractivity contribution in [3.05, 3.63) is 0 Å². The summed E-state index contributed by atoms with van der Waals surface area (Å²) in [4.78, 5) is 0. The summed E-state index contributed by atoms with van der Waals surface area (Å²) in [5, 5.41) is 7.35. The number of thiocarbonyl (C=S) groups is 1. The summed E-state index contributed by atoms with van der Waals surface area (Å²) in [6.07, 6.45) is 7.78. The maximum Gasteiger partial charge on any atom is 0.166 e. The Morgan fingerprint density at radius 3 is 2.59 bits per heavy atom. The molecule has 0 saturated heterocycles. The van der Waals surface area contributed by atoms with E-state index in [1.165, 1.54) is 32.1 Å². The Morgan fingerprint density at radius 2 is 1.94 bits per heavy atom. The molecule has 0 heterocycles. The van der Waals surface area contributed by atoms with Crippen molar-refractivity contribution in [3.63, 3.8) is 0 Å². The average Bonchev–Trinajstić information content (AvgIpc) is 2.33. The van der Waals surface area contributed by atoms with Crippen LogP contribution in [0.25, 0.3) is 0 Å². The quantitative estimate of drug-likeness (QED) is 0.566. The number of nitrogens with one attached hydrogen (secondary N) is 2. The molecule has 0 radical (unpaired) electrons. The first-order chi connectivity index (χ1) is 8.16. The normalized spacial score (nSPS) is 18.7. The zero-order valence-electron chi connectivity index (χ0n) is 11.2. The van der Waals surface area contributed by atoms with Crippen LogP contribution in [-0.4, -0.2) is 31.9 Å². The lowest BCUT2D eigenvalue weighted by Crippen LogP contribution is -2.42. The van der Waals surface area contributed by atoms with Crippen LogP contribution < -0.4 is 10.6 Å². The van der Waals surface area contributed by atoms with Gasteiger partial charge in [-0.2, -0.15) is 0 Å². The third kappa shape index (κ3) is 6.22. The SMILES string of the molecule is COCCCNC(=S)NCC1(C)CCCCC1. The molecule has 0 amide bonds. The van der Waals surface area contributed by atoms with Gasteiger partial charge in [-0.25, -0.2) is 0 Å². The van der Waals surface area contributed by atoms with Gasteiger partial charge in [0.25, 0.3) is 0 Å². The summed E-state index contributed by atoms with van der Waals surface area (Å²) < 4.78 is 4.99. The highest BCUT2D eigenvalue weighted by atomic mass is 32.1. The molecule has 0 aromatic carbocycles. The van der Waals surface area contributed by atoms with E-state index in [4.69, 9.17) is 17.0 Å². The molecule has 0 aromatic rings. The predicted molar refractivity (Wildman–Crippen MR) is 76.3 cm³/mol. The van der Waals surface area contributed by atoms with E-state index in [1.807, 2.05) is 0 Å². The molecule has 1 aliphatic carbocycles. The van der Waals surface area contributed by atoms with E-state index in [0.29, 0.717) is 5.41 Å². The van der Waals surface area contributed by atoms with Gasteiger partial charge in [-0.15, -0.1) is 0 Å². The van der Waals surface area contributed by atoms with Crippen molar-refractivity contribution >= 4 is 17.3 Å². The van der Waals surface area contributed by atoms with Crippen LogP contribution in [0.3, 0.4) is 0 Å². The number of hydrogen-bond donors (Lipinski definition) is 2. The molecule has 100 valence electrons. The van der Waals surface area contributed by atoms with Crippen molar-refractivity contribution < 1.29 is 4.74 Å². The second kappa shape index (κ2) is 7.88. The smallest absolute Gasteiger partial charge is 0.166 e. The molecule has 0 atom stereocenters. The Hall–Kier alpha value is -0.350. The van der Waals surface area contributed by atoms with E-state index in [2.05, 4.69) is 17.6 Å². The second-order valence-corrected chi connectivity index (χ2v) is 5.74. The monoisotopic (exact) mass is 258 g/mol. The van der Waals surface area contributed by atoms with Crippen molar-refractivity contribution in [3.8, 4) is 0 Å². The number of methoxy groups -OCH3 is 1. The van der Waals surface area contributed by atoms with Gasteiger partial charge >= 0.3 is 0 Å². The molecule has 0 aliphatic heterocycles. The highest BCUT2D eigenvalue weighted by molar-refractivity contribution is 7.80. The first-order valence-corrected chi connectivity index (χ1v) is 7.08. The van der Waals surface area contributed by atoms with Gasteiger partial charge in [0.05, 0.1) is 0 Å². The van der Waals surface area contributed by atoms with Crippen LogP contribution in [0.1, 0.15) is 45.4 Å². The van der Waals surface area contributed by atoms with Gasteiger partial charge in [-0.1, -0.05) is 26.2 Å². The van der Waals surface area contributed by atoms with Crippen LogP contribution >= 0.6 is 12.2 Å². The van der Waals surface area contributed by atoms with Crippen LogP contribution in [0.2, 0.25) is 0 Å². The molecule has 4 heteroatoms. The predicted octanol–water partition coefficient (Wildman–Crippen LogP) is 2.46. The fourth-order valence-corrected chi connectivity index (χ4v) is 2.53. The van der Waals surface area contributed by atoms with Crippen molar-refractivity contribution in [2.24, 2.45) is 5.41 Å². The number of ether oxygens (including phenoxy) is 1. The van der Waals surface area contributed by atoms with Gasteiger partial charge in [0.15, 0.2) is 5.11 Å². The third-order valence-electron chi connectivity index (χ3n) is 3.55. The van der Waals surface area contributed by atoms with E-state index in [1.54, 1.807) is 7.11 Å². The van der Waals surface area contributed by atoms with Crippen LogP contribution in [0, 0.1) is 5.41 Å². The minimum atomic E-state index is 0.441. The molecule has 0 bridgehead atoms. The molecular formula is C13H26N2OS. The first-order valence-electron chi connectivity index (χ1n) is 6.67. The highest BCUT2D eigenvalue weighted by Crippen LogP contribution is 2.34. The van der Waals surface area contributed by atoms with E-state index in [-0.39, 0.29) is 0 Å². The van der Waals surface area contributed by atoms with Crippen LogP contribution in [0.15, 0.2) is 0 Å². The summed E-state index contributed by atoms with van der Waals surface area (Å²) in [7, 11) is 1.72. The summed E-state index contributed by atoms with van der Waals surface area (Å²) in [5.41, 5.74) is 0.441. The van der Waals surface area contributed by atoms with Gasteiger partial charge in [0.1, 0.15) is 0 Å². The molecule has 1 saturated carbocycles. The molecule has 3 nitrogen and oxygen atoms in total. The maximum absolute atomic E-state index is 5.26. The summed E-state index contributed by atoms with van der Waals surface area (Å²) in [6, 6.07) is 0. The number of rotatable bonds is 6. The van der Waals surface area contributed by atoms with Gasteiger partial charge in [-0.05, 0) is 36.9 Å². The summed E-state index contributed by atoms with van der Waals surface area (Å²) >= 11 is 5.26. The topological polar surface area (TPSA) is 33.3 Å². The maximum atomic E-state index is 5.26. The van der Waals surface area contributed by atoms with E-state index < -0.39 is 0 Å². The molecule has 2 N–H and O–H groups in total. The van der Waals surface area contributed by atoms with Gasteiger partial charge in [-0.3, -0.25) is 0 Å². The van der Waals surface area contributed by atoms with Crippen LogP contribution in [0.4, 0.5) is 0 Å². The summed E-state index contributed by atoms with van der Waals surface area (Å²) in [5.74, 6) is 0. The van der Waals surface area contributed by atoms with Crippen LogP contribution in [-0.2, 0) is 4.74 Å². The minimum absolute atomic E-state index is 0.441. The fourth-order valence-electron chi connectivity index (χ4n) is 2.36. The Balaban J connectivity index is 2.10. The Bertz CT molecular complexity index is 227. The zero-order valence-corrected chi connectivity index (χ0v) is 12.0. The molecule has 1 fully saturated rings. The molecule has 1 aliphatic rings. The molecule has 17 heavy (non-hydrogen) atoms. The van der Waals surface area contributed by atoms with Gasteiger partial charge in [0.2, 0.25) is 0 Å². The first kappa shape index (κ1) is 14.7. The largest absolute Gasteiger partial charge is 0.385 e. The third-order valence-corrected chi connectivity index (χ3v) is 3.84. The van der Waals surface area contributed by atoms with E-state index >= 15 is 0 Å². The fraction of sp³-hybridized carbons (Fsp3) is 0.923. The van der Waals surface area contributed by atoms with Crippen molar-refractivity contribution in [1.82, 2.24) is 10.6 Å². The van der Waals surface area contributed by atoms with Gasteiger partial charge < -0.3 is 15.4 Å². The lowest BCUT2D eigenvalue weighted by atomic mass is 9.76. The van der Waals surface area contributed by atoms with Crippen molar-refractivity contribution in [1.29, 1.82) is 0 Å². The Morgan fingerprint density at radius 1 is 1.24 bits per heavy atom. The lowest BCUT2D eigenvalue weighted by molar-refractivity contribution is 0.195. The van der Waals surface area contributed by atoms with Crippen molar-refractivity contribution in [2.75, 3.05) is 26.8 Å². The minimum Gasteiger partial charge on any atom is -0.385 e. The van der Waals surface area contributed by atoms with Crippen molar-refractivity contribution in [2.45, 2.75) is 45.4 Å². The van der Waals surface area contributed by atoms with Gasteiger partial charge in [0, 0.05) is 26.8 Å². The molecule has 1 rings (SSSR count). The summed E-state index contributed by atoms with van der Waals surface area (Å²) in [6.45, 7) is 5.04. The molecular weight excluding hydrogens is 232 g/mol.